The number of oxime groups is 1. The lowest BCUT2D eigenvalue weighted by atomic mass is 10.2. The molecule has 0 fully saturated rings. The minimum atomic E-state index is 0.123. The maximum absolute atomic E-state index is 5.53. The number of benzene rings is 1. The standard InChI is InChI=1S/C24H24N6O4/c1-15-16(2)29(12-18-6-5-9-33-18)23-22(15)24-27-21(28-30(24)14-25-23)13-34-26-11-17-7-8-19(31-3)20(10-17)32-4/h5-11,14H,12-13H2,1-4H3. The van der Waals surface area contributed by atoms with Gasteiger partial charge in [-0.25, -0.2) is 14.5 Å². The molecule has 4 heterocycles. The van der Waals surface area contributed by atoms with Gasteiger partial charge < -0.3 is 23.3 Å². The van der Waals surface area contributed by atoms with Crippen LogP contribution in [-0.2, 0) is 18.0 Å². The fourth-order valence-corrected chi connectivity index (χ4v) is 3.91. The van der Waals surface area contributed by atoms with Crippen molar-refractivity contribution in [2.75, 3.05) is 14.2 Å². The van der Waals surface area contributed by atoms with Crippen molar-refractivity contribution < 1.29 is 18.7 Å². The van der Waals surface area contributed by atoms with Gasteiger partial charge in [0.25, 0.3) is 0 Å². The molecule has 5 rings (SSSR count). The second-order valence-corrected chi connectivity index (χ2v) is 7.74. The van der Waals surface area contributed by atoms with E-state index in [0.29, 0.717) is 23.9 Å². The van der Waals surface area contributed by atoms with Crippen LogP contribution in [0.2, 0.25) is 0 Å². The molecule has 34 heavy (non-hydrogen) atoms. The van der Waals surface area contributed by atoms with Crippen LogP contribution >= 0.6 is 0 Å². The molecule has 0 aliphatic heterocycles. The Hall–Kier alpha value is -4.34. The Labute approximate surface area is 195 Å². The molecule has 0 aliphatic carbocycles. The number of nitrogens with zero attached hydrogens (tertiary/aromatic N) is 6. The summed E-state index contributed by atoms with van der Waals surface area (Å²) in [5.41, 5.74) is 4.59. The predicted octanol–water partition coefficient (Wildman–Crippen LogP) is 3.91. The van der Waals surface area contributed by atoms with Gasteiger partial charge in [-0.15, -0.1) is 5.10 Å². The highest BCUT2D eigenvalue weighted by molar-refractivity contribution is 5.93. The highest BCUT2D eigenvalue weighted by Crippen LogP contribution is 2.28. The fourth-order valence-electron chi connectivity index (χ4n) is 3.91. The van der Waals surface area contributed by atoms with Crippen LogP contribution in [0.15, 0.2) is 52.5 Å². The zero-order valence-corrected chi connectivity index (χ0v) is 19.3. The molecular weight excluding hydrogens is 436 g/mol. The molecule has 0 saturated heterocycles. The van der Waals surface area contributed by atoms with Crippen LogP contribution < -0.4 is 9.47 Å². The summed E-state index contributed by atoms with van der Waals surface area (Å²) in [5, 5.41) is 9.49. The van der Waals surface area contributed by atoms with Gasteiger partial charge in [0.2, 0.25) is 0 Å². The first-order valence-electron chi connectivity index (χ1n) is 10.7. The van der Waals surface area contributed by atoms with Crippen LogP contribution in [-0.4, -0.2) is 44.6 Å². The molecule has 1 aromatic carbocycles. The average molecular weight is 460 g/mol. The van der Waals surface area contributed by atoms with Crippen LogP contribution in [0.3, 0.4) is 0 Å². The van der Waals surface area contributed by atoms with E-state index in [2.05, 4.69) is 38.6 Å². The third-order valence-corrected chi connectivity index (χ3v) is 5.76. The third kappa shape index (κ3) is 3.83. The van der Waals surface area contributed by atoms with Crippen molar-refractivity contribution in [2.45, 2.75) is 27.0 Å². The largest absolute Gasteiger partial charge is 0.493 e. The van der Waals surface area contributed by atoms with Gasteiger partial charge in [-0.05, 0) is 49.7 Å². The van der Waals surface area contributed by atoms with Crippen molar-refractivity contribution in [3.63, 3.8) is 0 Å². The highest BCUT2D eigenvalue weighted by atomic mass is 16.6. The van der Waals surface area contributed by atoms with Crippen LogP contribution in [0.4, 0.5) is 0 Å². The number of hydrogen-bond donors (Lipinski definition) is 0. The number of aryl methyl sites for hydroxylation is 1. The number of furan rings is 1. The van der Waals surface area contributed by atoms with Gasteiger partial charge in [0.05, 0.1) is 38.6 Å². The van der Waals surface area contributed by atoms with Crippen molar-refractivity contribution in [3.05, 3.63) is 71.3 Å². The first-order chi connectivity index (χ1) is 16.6. The van der Waals surface area contributed by atoms with E-state index in [0.717, 1.165) is 39.3 Å². The van der Waals surface area contributed by atoms with Crippen LogP contribution in [0, 0.1) is 13.8 Å². The van der Waals surface area contributed by atoms with Crippen molar-refractivity contribution in [1.82, 2.24) is 24.1 Å². The van der Waals surface area contributed by atoms with Crippen LogP contribution in [0.25, 0.3) is 16.7 Å². The first kappa shape index (κ1) is 21.5. The van der Waals surface area contributed by atoms with Gasteiger partial charge >= 0.3 is 0 Å². The molecule has 0 saturated carbocycles. The normalized spacial score (nSPS) is 11.6. The molecule has 0 N–H and O–H groups in total. The molecule has 0 radical (unpaired) electrons. The Morgan fingerprint density at radius 2 is 1.94 bits per heavy atom. The molecular formula is C24H24N6O4. The minimum Gasteiger partial charge on any atom is -0.493 e. The lowest BCUT2D eigenvalue weighted by Gasteiger charge is -2.07. The molecule has 0 amide bonds. The zero-order valence-electron chi connectivity index (χ0n) is 19.3. The monoisotopic (exact) mass is 460 g/mol. The Balaban J connectivity index is 1.37. The molecule has 0 spiro atoms. The second kappa shape index (κ2) is 8.89. The SMILES string of the molecule is COc1ccc(C=NOCc2nc3c4c(C)c(C)n(Cc5ccco5)c4ncn3n2)cc1OC. The maximum atomic E-state index is 5.53. The molecule has 4 aromatic heterocycles. The van der Waals surface area contributed by atoms with Gasteiger partial charge in [-0.1, -0.05) is 5.16 Å². The van der Waals surface area contributed by atoms with Crippen molar-refractivity contribution in [2.24, 2.45) is 5.16 Å². The number of aromatic nitrogens is 5. The molecule has 5 aromatic rings. The van der Waals surface area contributed by atoms with Crippen molar-refractivity contribution in [3.8, 4) is 11.5 Å². The van der Waals surface area contributed by atoms with E-state index >= 15 is 0 Å². The van der Waals surface area contributed by atoms with E-state index in [-0.39, 0.29) is 6.61 Å². The topological polar surface area (TPSA) is 101 Å². The number of fused-ring (bicyclic) bond motifs is 3. The van der Waals surface area contributed by atoms with Gasteiger partial charge in [0.15, 0.2) is 29.6 Å². The van der Waals surface area contributed by atoms with E-state index in [4.69, 9.17) is 18.7 Å². The van der Waals surface area contributed by atoms with Crippen LogP contribution in [0.1, 0.15) is 28.4 Å². The molecule has 0 unspecified atom stereocenters. The number of ether oxygens (including phenoxy) is 2. The van der Waals surface area contributed by atoms with Gasteiger partial charge in [0, 0.05) is 11.3 Å². The highest BCUT2D eigenvalue weighted by Gasteiger charge is 2.18. The van der Waals surface area contributed by atoms with E-state index < -0.39 is 0 Å². The van der Waals surface area contributed by atoms with Gasteiger partial charge in [0.1, 0.15) is 17.7 Å². The Bertz CT molecular complexity index is 1480. The Kier molecular flexibility index (Phi) is 5.62. The Morgan fingerprint density at radius 3 is 2.71 bits per heavy atom. The van der Waals surface area contributed by atoms with E-state index in [9.17, 15) is 0 Å². The summed E-state index contributed by atoms with van der Waals surface area (Å²) >= 11 is 0. The van der Waals surface area contributed by atoms with Gasteiger partial charge in [-0.3, -0.25) is 0 Å². The Morgan fingerprint density at radius 1 is 1.09 bits per heavy atom. The lowest BCUT2D eigenvalue weighted by Crippen LogP contribution is -2.02. The maximum Gasteiger partial charge on any atom is 0.192 e. The number of rotatable bonds is 8. The summed E-state index contributed by atoms with van der Waals surface area (Å²) < 4.78 is 19.9. The summed E-state index contributed by atoms with van der Waals surface area (Å²) in [6.45, 7) is 4.86. The predicted molar refractivity (Wildman–Crippen MR) is 125 cm³/mol. The minimum absolute atomic E-state index is 0.123. The molecule has 0 aliphatic rings. The van der Waals surface area contributed by atoms with Crippen molar-refractivity contribution in [1.29, 1.82) is 0 Å². The molecule has 174 valence electrons. The van der Waals surface area contributed by atoms with E-state index in [1.54, 1.807) is 37.5 Å². The summed E-state index contributed by atoms with van der Waals surface area (Å²) in [7, 11) is 3.18. The van der Waals surface area contributed by atoms with Gasteiger partial charge in [-0.2, -0.15) is 0 Å². The summed E-state index contributed by atoms with van der Waals surface area (Å²) in [4.78, 5) is 14.8. The smallest absolute Gasteiger partial charge is 0.192 e. The average Bonchev–Trinajstić information content (AvgIpc) is 3.57. The van der Waals surface area contributed by atoms with E-state index in [1.165, 1.54) is 0 Å². The quantitative estimate of drug-likeness (QED) is 0.256. The molecule has 10 heteroatoms. The molecule has 0 bridgehead atoms. The summed E-state index contributed by atoms with van der Waals surface area (Å²) in [6, 6.07) is 9.32. The van der Waals surface area contributed by atoms with Crippen molar-refractivity contribution >= 4 is 22.9 Å². The number of methoxy groups -OCH3 is 2. The second-order valence-electron chi connectivity index (χ2n) is 7.74. The number of hydrogen-bond acceptors (Lipinski definition) is 8. The lowest BCUT2D eigenvalue weighted by molar-refractivity contribution is 0.126. The summed E-state index contributed by atoms with van der Waals surface area (Å²) in [6.07, 6.45) is 4.94. The third-order valence-electron chi connectivity index (χ3n) is 5.76. The first-order valence-corrected chi connectivity index (χ1v) is 10.7. The molecule has 10 nitrogen and oxygen atoms in total. The molecule has 0 atom stereocenters. The zero-order chi connectivity index (χ0) is 23.7. The van der Waals surface area contributed by atoms with E-state index in [1.807, 2.05) is 30.3 Å². The van der Waals surface area contributed by atoms with Crippen LogP contribution in [0.5, 0.6) is 11.5 Å². The summed E-state index contributed by atoms with van der Waals surface area (Å²) in [5.74, 6) is 2.65. The fraction of sp³-hybridized carbons (Fsp3) is 0.250.